The van der Waals surface area contributed by atoms with E-state index in [-0.39, 0.29) is 72.9 Å². The van der Waals surface area contributed by atoms with Crippen molar-refractivity contribution in [3.8, 4) is 0 Å². The summed E-state index contributed by atoms with van der Waals surface area (Å²) in [5.74, 6) is -0.850. The Hall–Kier alpha value is -0.171. The summed E-state index contributed by atoms with van der Waals surface area (Å²) in [6.07, 6.45) is 2.51. The molecule has 0 aromatic heterocycles. The van der Waals surface area contributed by atoms with E-state index in [2.05, 4.69) is 5.43 Å². The molecule has 2 rings (SSSR count). The van der Waals surface area contributed by atoms with Gasteiger partial charge in [-0.25, -0.2) is 5.01 Å². The molecule has 1 aliphatic heterocycles. The molecule has 2 amide bonds. The number of unbranched alkanes of at least 4 members (excludes halogenated alkanes) is 1. The van der Waals surface area contributed by atoms with Crippen LogP contribution in [0.3, 0.4) is 0 Å². The van der Waals surface area contributed by atoms with E-state index in [1.54, 1.807) is 12.1 Å². The van der Waals surface area contributed by atoms with Crippen molar-refractivity contribution in [3.05, 3.63) is 30.3 Å². The van der Waals surface area contributed by atoms with Crippen LogP contribution in [0.25, 0.3) is 0 Å². The van der Waals surface area contributed by atoms with Crippen LogP contribution in [0.4, 0.5) is 5.69 Å². The van der Waals surface area contributed by atoms with Gasteiger partial charge in [0.15, 0.2) is 0 Å². The zero-order chi connectivity index (χ0) is 12.3. The molecule has 2 radical (unpaired) electrons. The fourth-order valence-electron chi connectivity index (χ4n) is 1.94. The Kier molecular flexibility index (Phi) is 15.2. The third kappa shape index (κ3) is 6.22. The van der Waals surface area contributed by atoms with Gasteiger partial charge in [-0.1, -0.05) is 38.0 Å². The molecule has 21 heavy (non-hydrogen) atoms. The molecule has 1 saturated heterocycles. The summed E-state index contributed by atoms with van der Waals surface area (Å²) in [6.45, 7) is 2.05. The molecule has 0 aliphatic carbocycles. The number of halogens is 3. The third-order valence-corrected chi connectivity index (χ3v) is 2.92. The molecule has 1 aromatic carbocycles. The van der Waals surface area contributed by atoms with Crippen molar-refractivity contribution in [2.75, 3.05) is 5.01 Å². The summed E-state index contributed by atoms with van der Waals surface area (Å²) >= 11 is 0. The monoisotopic (exact) mass is 462 g/mol. The van der Waals surface area contributed by atoms with Gasteiger partial charge in [-0.3, -0.25) is 15.0 Å². The van der Waals surface area contributed by atoms with E-state index >= 15 is 0 Å². The van der Waals surface area contributed by atoms with E-state index in [0.717, 1.165) is 12.8 Å². The Morgan fingerprint density at radius 2 is 1.67 bits per heavy atom. The van der Waals surface area contributed by atoms with Crippen LogP contribution in [0.1, 0.15) is 26.2 Å². The Labute approximate surface area is 160 Å². The number of rotatable bonds is 4. The molecule has 0 bridgehead atoms. The van der Waals surface area contributed by atoms with Crippen molar-refractivity contribution in [3.63, 3.8) is 0 Å². The number of nitrogens with zero attached hydrogens (tertiary/aromatic N) is 1. The number of hydrogen-bond donors (Lipinski definition) is 1. The van der Waals surface area contributed by atoms with E-state index in [1.807, 2.05) is 25.1 Å². The molecule has 1 N–H and O–H groups in total. The first kappa shape index (κ1) is 25.8. The van der Waals surface area contributed by atoms with Gasteiger partial charge in [0.1, 0.15) is 5.92 Å². The normalized spacial score (nSPS) is 15.9. The van der Waals surface area contributed by atoms with E-state index in [0.29, 0.717) is 12.1 Å². The number of carbonyl (C=O) groups is 2. The molecule has 1 fully saturated rings. The topological polar surface area (TPSA) is 49.4 Å². The Morgan fingerprint density at radius 1 is 1.10 bits per heavy atom. The van der Waals surface area contributed by atoms with Crippen molar-refractivity contribution in [1.29, 1.82) is 0 Å². The minimum atomic E-state index is -0.518. The number of benzene rings is 1. The van der Waals surface area contributed by atoms with Gasteiger partial charge in [-0.05, 0) is 18.6 Å². The van der Waals surface area contributed by atoms with Crippen LogP contribution in [0.15, 0.2) is 30.3 Å². The Balaban J connectivity index is -0.000000810. The van der Waals surface area contributed by atoms with Crippen molar-refractivity contribution in [1.82, 2.24) is 5.43 Å². The van der Waals surface area contributed by atoms with Crippen LogP contribution in [0.5, 0.6) is 0 Å². The quantitative estimate of drug-likeness (QED) is 0.551. The number of amides is 2. The molecular formula is C13H21Cl3N2O2Sn. The van der Waals surface area contributed by atoms with E-state index in [1.165, 1.54) is 5.01 Å². The molecule has 1 aromatic rings. The van der Waals surface area contributed by atoms with Crippen LogP contribution in [-0.2, 0) is 9.59 Å². The molecule has 0 spiro atoms. The van der Waals surface area contributed by atoms with Gasteiger partial charge in [-0.2, -0.15) is 0 Å². The average Bonchev–Trinajstić information content (AvgIpc) is 2.64. The predicted molar refractivity (Wildman–Crippen MR) is 95.4 cm³/mol. The van der Waals surface area contributed by atoms with E-state index in [9.17, 15) is 9.59 Å². The number of anilines is 1. The molecule has 0 saturated carbocycles. The molecule has 1 atom stereocenters. The second kappa shape index (κ2) is 12.4. The van der Waals surface area contributed by atoms with Gasteiger partial charge in [-0.15, -0.1) is 37.2 Å². The predicted octanol–water partition coefficient (Wildman–Crippen LogP) is 2.22. The summed E-state index contributed by atoms with van der Waals surface area (Å²) < 4.78 is 0. The molecule has 4 nitrogen and oxygen atoms in total. The summed E-state index contributed by atoms with van der Waals surface area (Å²) in [6, 6.07) is 9.17. The van der Waals surface area contributed by atoms with Crippen LogP contribution in [-0.4, -0.2) is 35.7 Å². The van der Waals surface area contributed by atoms with Crippen molar-refractivity contribution in [2.24, 2.45) is 5.92 Å². The molecule has 1 heterocycles. The number of hydrazine groups is 1. The SMILES string of the molecule is CCCCC1C(=O)NN(c2ccccc2)C1=O.Cl.Cl.Cl.[SnH2]. The van der Waals surface area contributed by atoms with Gasteiger partial charge >= 0.3 is 23.9 Å². The summed E-state index contributed by atoms with van der Waals surface area (Å²) in [7, 11) is 0. The molecular weight excluding hydrogens is 441 g/mol. The van der Waals surface area contributed by atoms with Crippen molar-refractivity contribution >= 4 is 78.6 Å². The first-order chi connectivity index (χ1) is 8.24. The first-order valence-corrected chi connectivity index (χ1v) is 5.93. The third-order valence-electron chi connectivity index (χ3n) is 2.92. The first-order valence-electron chi connectivity index (χ1n) is 5.93. The van der Waals surface area contributed by atoms with Gasteiger partial charge < -0.3 is 0 Å². The van der Waals surface area contributed by atoms with Crippen molar-refractivity contribution in [2.45, 2.75) is 26.2 Å². The van der Waals surface area contributed by atoms with Gasteiger partial charge in [0.2, 0.25) is 0 Å². The molecule has 1 aliphatic rings. The van der Waals surface area contributed by atoms with Crippen LogP contribution in [0.2, 0.25) is 0 Å². The Morgan fingerprint density at radius 3 is 2.19 bits per heavy atom. The molecule has 1 unspecified atom stereocenters. The van der Waals surface area contributed by atoms with Crippen molar-refractivity contribution < 1.29 is 9.59 Å². The zero-order valence-electron chi connectivity index (χ0n) is 11.8. The maximum atomic E-state index is 12.1. The van der Waals surface area contributed by atoms with Gasteiger partial charge in [0.05, 0.1) is 5.69 Å². The molecule has 8 heteroatoms. The maximum absolute atomic E-state index is 12.1. The Bertz CT molecular complexity index is 435. The van der Waals surface area contributed by atoms with Crippen LogP contribution in [0, 0.1) is 5.92 Å². The van der Waals surface area contributed by atoms with Crippen LogP contribution >= 0.6 is 37.2 Å². The fourth-order valence-corrected chi connectivity index (χ4v) is 1.94. The second-order valence-electron chi connectivity index (χ2n) is 4.18. The number of para-hydroxylation sites is 1. The zero-order valence-corrected chi connectivity index (χ0v) is 18.3. The van der Waals surface area contributed by atoms with Crippen LogP contribution < -0.4 is 10.4 Å². The standard InChI is InChI=1S/C13H16N2O2.3ClH.Sn.2H/c1-2-3-9-11-12(16)14-15(13(11)17)10-7-5-4-6-8-10;;;;;;/h4-8,11H,2-3,9H2,1H3,(H,14,16);3*1H;;;. The van der Waals surface area contributed by atoms with Gasteiger partial charge in [0, 0.05) is 0 Å². The summed E-state index contributed by atoms with van der Waals surface area (Å²) in [4.78, 5) is 23.8. The second-order valence-corrected chi connectivity index (χ2v) is 4.18. The van der Waals surface area contributed by atoms with E-state index < -0.39 is 5.92 Å². The summed E-state index contributed by atoms with van der Waals surface area (Å²) in [5.41, 5.74) is 3.34. The number of nitrogens with one attached hydrogen (secondary N) is 1. The van der Waals surface area contributed by atoms with E-state index in [4.69, 9.17) is 0 Å². The average molecular weight is 462 g/mol. The fraction of sp³-hybridized carbons (Fsp3) is 0.385. The number of hydrogen-bond acceptors (Lipinski definition) is 2. The van der Waals surface area contributed by atoms with Gasteiger partial charge in [0.25, 0.3) is 11.8 Å². The summed E-state index contributed by atoms with van der Waals surface area (Å²) in [5, 5.41) is 1.35. The minimum absolute atomic E-state index is 0. The number of carbonyl (C=O) groups excluding carboxylic acids is 2. The molecule has 120 valence electrons.